The quantitative estimate of drug-likeness (QED) is 0.584. The molecule has 80 valence electrons. The molecule has 1 aliphatic rings. The summed E-state index contributed by atoms with van der Waals surface area (Å²) in [7, 11) is 0. The highest BCUT2D eigenvalue weighted by molar-refractivity contribution is 5.33. The lowest BCUT2D eigenvalue weighted by Crippen LogP contribution is -2.46. The normalized spacial score (nSPS) is 19.3. The van der Waals surface area contributed by atoms with Gasteiger partial charge in [0, 0.05) is 6.04 Å². The molecule has 0 spiro atoms. The van der Waals surface area contributed by atoms with Gasteiger partial charge in [-0.3, -0.25) is 15.1 Å². The smallest absolute Gasteiger partial charge is 0.291 e. The predicted molar refractivity (Wildman–Crippen MR) is 52.8 cm³/mol. The Hall–Kier alpha value is -1.69. The molecule has 1 aromatic heterocycles. The van der Waals surface area contributed by atoms with Crippen LogP contribution in [-0.2, 0) is 0 Å². The molecule has 1 fully saturated rings. The minimum atomic E-state index is -0.485. The molecule has 1 aromatic rings. The van der Waals surface area contributed by atoms with Crippen LogP contribution in [0.25, 0.3) is 0 Å². The van der Waals surface area contributed by atoms with E-state index < -0.39 is 4.92 Å². The van der Waals surface area contributed by atoms with E-state index in [2.05, 4.69) is 10.3 Å². The van der Waals surface area contributed by atoms with Crippen LogP contribution in [0.15, 0.2) is 18.5 Å². The Labute approximate surface area is 86.4 Å². The number of rotatable bonds is 4. The monoisotopic (exact) mass is 209 g/mol. The zero-order chi connectivity index (χ0) is 10.7. The summed E-state index contributed by atoms with van der Waals surface area (Å²) in [5.41, 5.74) is -0.0472. The average Bonchev–Trinajstić information content (AvgIpc) is 2.16. The fourth-order valence-corrected chi connectivity index (χ4v) is 1.27. The van der Waals surface area contributed by atoms with Crippen LogP contribution >= 0.6 is 0 Å². The first-order valence-electron chi connectivity index (χ1n) is 4.71. The fraction of sp³-hybridized carbons (Fsp3) is 0.444. The van der Waals surface area contributed by atoms with E-state index in [-0.39, 0.29) is 5.69 Å². The van der Waals surface area contributed by atoms with E-state index in [0.29, 0.717) is 18.4 Å². The van der Waals surface area contributed by atoms with Crippen molar-refractivity contribution in [3.8, 4) is 5.75 Å². The SMILES string of the molecule is O=[N+]([O-])c1cncc(OC[C@H]2CCN2)c1. The van der Waals surface area contributed by atoms with Crippen LogP contribution < -0.4 is 10.1 Å². The van der Waals surface area contributed by atoms with E-state index in [9.17, 15) is 10.1 Å². The maximum atomic E-state index is 10.5. The number of hydrogen-bond donors (Lipinski definition) is 1. The van der Waals surface area contributed by atoms with Gasteiger partial charge >= 0.3 is 0 Å². The number of nitrogens with zero attached hydrogens (tertiary/aromatic N) is 2. The first kappa shape index (κ1) is 9.85. The molecule has 1 N–H and O–H groups in total. The minimum Gasteiger partial charge on any atom is -0.490 e. The summed E-state index contributed by atoms with van der Waals surface area (Å²) in [6.07, 6.45) is 3.77. The zero-order valence-corrected chi connectivity index (χ0v) is 8.05. The van der Waals surface area contributed by atoms with Gasteiger partial charge in [-0.05, 0) is 13.0 Å². The van der Waals surface area contributed by atoms with Gasteiger partial charge < -0.3 is 10.1 Å². The van der Waals surface area contributed by atoms with E-state index in [1.165, 1.54) is 18.5 Å². The molecule has 1 saturated heterocycles. The van der Waals surface area contributed by atoms with Gasteiger partial charge in [0.1, 0.15) is 18.6 Å². The standard InChI is InChI=1S/C9H11N3O3/c13-12(14)8-3-9(5-10-4-8)15-6-7-1-2-11-7/h3-5,7,11H,1-2,6H2/t7-/m1/s1. The van der Waals surface area contributed by atoms with Crippen molar-refractivity contribution in [3.63, 3.8) is 0 Å². The molecule has 15 heavy (non-hydrogen) atoms. The maximum absolute atomic E-state index is 10.5. The number of nitro groups is 1. The first-order valence-corrected chi connectivity index (χ1v) is 4.71. The Kier molecular flexibility index (Phi) is 2.77. The van der Waals surface area contributed by atoms with Gasteiger partial charge in [-0.1, -0.05) is 0 Å². The highest BCUT2D eigenvalue weighted by Gasteiger charge is 2.17. The number of ether oxygens (including phenoxy) is 1. The molecule has 0 bridgehead atoms. The van der Waals surface area contributed by atoms with Crippen molar-refractivity contribution in [3.05, 3.63) is 28.6 Å². The van der Waals surface area contributed by atoms with Gasteiger partial charge in [0.2, 0.25) is 0 Å². The van der Waals surface area contributed by atoms with Crippen LogP contribution in [0.4, 0.5) is 5.69 Å². The van der Waals surface area contributed by atoms with Gasteiger partial charge in [0.25, 0.3) is 5.69 Å². The van der Waals surface area contributed by atoms with E-state index >= 15 is 0 Å². The maximum Gasteiger partial charge on any atom is 0.291 e. The fourth-order valence-electron chi connectivity index (χ4n) is 1.27. The van der Waals surface area contributed by atoms with Crippen molar-refractivity contribution in [2.45, 2.75) is 12.5 Å². The highest BCUT2D eigenvalue weighted by Crippen LogP contribution is 2.17. The molecule has 6 heteroatoms. The summed E-state index contributed by atoms with van der Waals surface area (Å²) in [4.78, 5) is 13.7. The van der Waals surface area contributed by atoms with Crippen LogP contribution in [0, 0.1) is 10.1 Å². The van der Waals surface area contributed by atoms with E-state index in [0.717, 1.165) is 13.0 Å². The summed E-state index contributed by atoms with van der Waals surface area (Å²) in [6, 6.07) is 1.75. The molecule has 0 radical (unpaired) electrons. The molecular formula is C9H11N3O3. The molecule has 0 amide bonds. The molecule has 2 rings (SSSR count). The largest absolute Gasteiger partial charge is 0.490 e. The average molecular weight is 209 g/mol. The second kappa shape index (κ2) is 4.22. The van der Waals surface area contributed by atoms with Crippen LogP contribution in [0.3, 0.4) is 0 Å². The van der Waals surface area contributed by atoms with E-state index in [1.54, 1.807) is 0 Å². The summed E-state index contributed by atoms with van der Waals surface area (Å²) in [5.74, 6) is 0.443. The summed E-state index contributed by atoms with van der Waals surface area (Å²) < 4.78 is 5.37. The highest BCUT2D eigenvalue weighted by atomic mass is 16.6. The first-order chi connectivity index (χ1) is 7.25. The van der Waals surface area contributed by atoms with Gasteiger partial charge in [-0.15, -0.1) is 0 Å². The van der Waals surface area contributed by atoms with Crippen LogP contribution in [0.2, 0.25) is 0 Å². The van der Waals surface area contributed by atoms with Crippen molar-refractivity contribution in [1.82, 2.24) is 10.3 Å². The third-order valence-corrected chi connectivity index (χ3v) is 2.29. The van der Waals surface area contributed by atoms with Gasteiger partial charge in [0.15, 0.2) is 0 Å². The summed E-state index contributed by atoms with van der Waals surface area (Å²) >= 11 is 0. The third kappa shape index (κ3) is 2.41. The van der Waals surface area contributed by atoms with E-state index in [1.807, 2.05) is 0 Å². The van der Waals surface area contributed by atoms with Crippen LogP contribution in [0.1, 0.15) is 6.42 Å². The lowest BCUT2D eigenvalue weighted by Gasteiger charge is -2.27. The predicted octanol–water partition coefficient (Wildman–Crippen LogP) is 0.730. The van der Waals surface area contributed by atoms with Gasteiger partial charge in [-0.25, -0.2) is 0 Å². The minimum absolute atomic E-state index is 0.0472. The Morgan fingerprint density at radius 2 is 2.47 bits per heavy atom. The Morgan fingerprint density at radius 3 is 3.07 bits per heavy atom. The molecule has 1 atom stereocenters. The van der Waals surface area contributed by atoms with E-state index in [4.69, 9.17) is 4.74 Å². The van der Waals surface area contributed by atoms with Crippen LogP contribution in [-0.4, -0.2) is 29.1 Å². The molecule has 0 aliphatic carbocycles. The topological polar surface area (TPSA) is 77.3 Å². The summed E-state index contributed by atoms with van der Waals surface area (Å²) in [5, 5.41) is 13.6. The van der Waals surface area contributed by atoms with Crippen LogP contribution in [0.5, 0.6) is 5.75 Å². The molecule has 0 unspecified atom stereocenters. The third-order valence-electron chi connectivity index (χ3n) is 2.29. The van der Waals surface area contributed by atoms with Gasteiger partial charge in [-0.2, -0.15) is 0 Å². The molecule has 0 saturated carbocycles. The lowest BCUT2D eigenvalue weighted by molar-refractivity contribution is -0.385. The van der Waals surface area contributed by atoms with Crippen molar-refractivity contribution >= 4 is 5.69 Å². The molecular weight excluding hydrogens is 198 g/mol. The number of pyridine rings is 1. The molecule has 0 aromatic carbocycles. The summed E-state index contributed by atoms with van der Waals surface area (Å²) in [6.45, 7) is 1.55. The second-order valence-electron chi connectivity index (χ2n) is 3.39. The van der Waals surface area contributed by atoms with Crippen molar-refractivity contribution in [2.24, 2.45) is 0 Å². The second-order valence-corrected chi connectivity index (χ2v) is 3.39. The molecule has 1 aliphatic heterocycles. The number of nitrogens with one attached hydrogen (secondary N) is 1. The lowest BCUT2D eigenvalue weighted by atomic mass is 10.1. The van der Waals surface area contributed by atoms with Crippen molar-refractivity contribution in [2.75, 3.05) is 13.2 Å². The number of hydrogen-bond acceptors (Lipinski definition) is 5. The molecule has 6 nitrogen and oxygen atoms in total. The Morgan fingerprint density at radius 1 is 1.67 bits per heavy atom. The Bertz CT molecular complexity index is 365. The van der Waals surface area contributed by atoms with Crippen molar-refractivity contribution < 1.29 is 9.66 Å². The van der Waals surface area contributed by atoms with Gasteiger partial charge in [0.05, 0.1) is 17.2 Å². The molecule has 2 heterocycles. The van der Waals surface area contributed by atoms with Crippen molar-refractivity contribution in [1.29, 1.82) is 0 Å². The Balaban J connectivity index is 1.94. The number of aromatic nitrogens is 1. The zero-order valence-electron chi connectivity index (χ0n) is 8.05.